The largest absolute Gasteiger partial charge is 0.469 e. The van der Waals surface area contributed by atoms with E-state index in [0.717, 1.165) is 16.4 Å². The first-order chi connectivity index (χ1) is 20.9. The number of nitrogens with one attached hydrogen (secondary N) is 1. The summed E-state index contributed by atoms with van der Waals surface area (Å²) >= 11 is 0. The van der Waals surface area contributed by atoms with E-state index < -0.39 is 45.5 Å². The molecule has 44 heavy (non-hydrogen) atoms. The number of hydrogen-bond acceptors (Lipinski definition) is 5. The highest BCUT2D eigenvalue weighted by atomic mass is 32.2. The summed E-state index contributed by atoms with van der Waals surface area (Å²) in [7, 11) is -3.09. The summed E-state index contributed by atoms with van der Waals surface area (Å²) in [6.45, 7) is -0.227. The van der Waals surface area contributed by atoms with Gasteiger partial charge in [-0.25, -0.2) is 12.8 Å². The van der Waals surface area contributed by atoms with Crippen molar-refractivity contribution in [1.29, 1.82) is 0 Å². The van der Waals surface area contributed by atoms with Gasteiger partial charge in [-0.15, -0.1) is 0 Å². The summed E-state index contributed by atoms with van der Waals surface area (Å²) < 4.78 is 87.7. The van der Waals surface area contributed by atoms with Crippen molar-refractivity contribution in [3.05, 3.63) is 119 Å². The summed E-state index contributed by atoms with van der Waals surface area (Å²) in [5.41, 5.74) is 1.28. The van der Waals surface area contributed by atoms with Crippen LogP contribution in [-0.2, 0) is 49.9 Å². The number of fused-ring (bicyclic) bond motifs is 1. The Balaban J connectivity index is 1.38. The lowest BCUT2D eigenvalue weighted by Crippen LogP contribution is -2.47. The fourth-order valence-electron chi connectivity index (χ4n) is 5.04. The third-order valence-corrected chi connectivity index (χ3v) is 9.15. The van der Waals surface area contributed by atoms with Gasteiger partial charge in [0.05, 0.1) is 29.7 Å². The van der Waals surface area contributed by atoms with Gasteiger partial charge in [-0.05, 0) is 58.7 Å². The molecule has 0 unspecified atom stereocenters. The number of rotatable bonds is 8. The molecule has 0 saturated heterocycles. The number of amides is 1. The van der Waals surface area contributed by atoms with E-state index in [1.54, 1.807) is 24.3 Å². The van der Waals surface area contributed by atoms with E-state index in [1.807, 2.05) is 0 Å². The minimum absolute atomic E-state index is 0.0735. The zero-order chi connectivity index (χ0) is 31.6. The number of carbonyl (C=O) groups is 2. The van der Waals surface area contributed by atoms with Gasteiger partial charge in [0.25, 0.3) is 10.0 Å². The van der Waals surface area contributed by atoms with Crippen molar-refractivity contribution in [2.45, 2.75) is 36.5 Å². The van der Waals surface area contributed by atoms with E-state index in [1.165, 1.54) is 61.7 Å². The maximum atomic E-state index is 14.7. The molecule has 1 atom stereocenters. The molecule has 0 aromatic heterocycles. The van der Waals surface area contributed by atoms with Gasteiger partial charge in [0, 0.05) is 18.5 Å². The molecule has 0 radical (unpaired) electrons. The molecule has 0 aliphatic carbocycles. The molecule has 7 nitrogen and oxygen atoms in total. The van der Waals surface area contributed by atoms with Crippen molar-refractivity contribution in [3.8, 4) is 11.1 Å². The highest BCUT2D eigenvalue weighted by molar-refractivity contribution is 7.93. The number of alkyl halides is 3. The second kappa shape index (κ2) is 12.1. The number of halogens is 4. The Bertz CT molecular complexity index is 1830. The van der Waals surface area contributed by atoms with Gasteiger partial charge in [0.2, 0.25) is 5.91 Å². The van der Waals surface area contributed by atoms with E-state index in [9.17, 15) is 35.6 Å². The topological polar surface area (TPSA) is 92.8 Å². The fraction of sp³-hybridized carbons (Fsp3) is 0.188. The quantitative estimate of drug-likeness (QED) is 0.201. The summed E-state index contributed by atoms with van der Waals surface area (Å²) in [6.07, 6.45) is -4.57. The Morgan fingerprint density at radius 3 is 2.34 bits per heavy atom. The van der Waals surface area contributed by atoms with Crippen LogP contribution in [-0.4, -0.2) is 33.4 Å². The van der Waals surface area contributed by atoms with Crippen LogP contribution in [0.3, 0.4) is 0 Å². The van der Waals surface area contributed by atoms with Crippen LogP contribution in [0.1, 0.15) is 22.3 Å². The van der Waals surface area contributed by atoms with Gasteiger partial charge < -0.3 is 10.1 Å². The monoisotopic (exact) mass is 626 g/mol. The normalized spacial score (nSPS) is 14.7. The van der Waals surface area contributed by atoms with Crippen LogP contribution < -0.4 is 9.62 Å². The Morgan fingerprint density at radius 2 is 1.66 bits per heavy atom. The average molecular weight is 627 g/mol. The number of hydrogen-bond donors (Lipinski definition) is 1. The molecule has 228 valence electrons. The molecule has 1 aliphatic rings. The second-order valence-electron chi connectivity index (χ2n) is 10.1. The Hall–Kier alpha value is -4.71. The van der Waals surface area contributed by atoms with Gasteiger partial charge in [0.15, 0.2) is 0 Å². The lowest BCUT2D eigenvalue weighted by atomic mass is 10.0. The van der Waals surface area contributed by atoms with Crippen LogP contribution >= 0.6 is 0 Å². The molecule has 1 N–H and O–H groups in total. The lowest BCUT2D eigenvalue weighted by Gasteiger charge is -2.26. The van der Waals surface area contributed by atoms with Crippen LogP contribution in [0, 0.1) is 5.82 Å². The lowest BCUT2D eigenvalue weighted by molar-refractivity contribution is -0.140. The van der Waals surface area contributed by atoms with E-state index in [4.69, 9.17) is 0 Å². The van der Waals surface area contributed by atoms with Crippen LogP contribution in [0.15, 0.2) is 95.9 Å². The number of sulfonamides is 1. The molecule has 0 bridgehead atoms. The summed E-state index contributed by atoms with van der Waals surface area (Å²) in [6, 6.07) is 19.7. The zero-order valence-electron chi connectivity index (χ0n) is 23.3. The summed E-state index contributed by atoms with van der Waals surface area (Å²) in [4.78, 5) is 24.7. The molecular formula is C32H26F4N2O5S. The van der Waals surface area contributed by atoms with Crippen LogP contribution in [0.5, 0.6) is 0 Å². The van der Waals surface area contributed by atoms with E-state index in [0.29, 0.717) is 22.4 Å². The zero-order valence-corrected chi connectivity index (χ0v) is 24.1. The number of nitrogens with zero attached hydrogens (tertiary/aromatic N) is 1. The number of anilines is 1. The SMILES string of the molecule is COC(=O)Cc1ccc(CNC(=O)[C@@H]2Cc3ccccc3N2S(=O)(=O)c2ccc(-c3cccc(C(F)(F)F)c3)cc2)c(F)c1. The number of para-hydroxylation sites is 1. The third-order valence-electron chi connectivity index (χ3n) is 7.31. The van der Waals surface area contributed by atoms with Gasteiger partial charge in [0.1, 0.15) is 11.9 Å². The smallest absolute Gasteiger partial charge is 0.416 e. The molecule has 5 rings (SSSR count). The van der Waals surface area contributed by atoms with E-state index >= 15 is 0 Å². The third kappa shape index (κ3) is 6.30. The number of carbonyl (C=O) groups excluding carboxylic acids is 2. The fourth-order valence-corrected chi connectivity index (χ4v) is 6.69. The maximum Gasteiger partial charge on any atom is 0.416 e. The van der Waals surface area contributed by atoms with Crippen molar-refractivity contribution in [1.82, 2.24) is 5.32 Å². The minimum Gasteiger partial charge on any atom is -0.469 e. The highest BCUT2D eigenvalue weighted by Gasteiger charge is 2.42. The van der Waals surface area contributed by atoms with Crippen molar-refractivity contribution in [2.75, 3.05) is 11.4 Å². The molecule has 0 spiro atoms. The molecule has 1 heterocycles. The van der Waals surface area contributed by atoms with E-state index in [2.05, 4.69) is 10.1 Å². The molecule has 4 aromatic carbocycles. The van der Waals surface area contributed by atoms with Crippen LogP contribution in [0.2, 0.25) is 0 Å². The Labute approximate surface area is 251 Å². The second-order valence-corrected chi connectivity index (χ2v) is 12.0. The molecule has 12 heteroatoms. The molecule has 0 saturated carbocycles. The first-order valence-corrected chi connectivity index (χ1v) is 14.8. The Morgan fingerprint density at radius 1 is 0.932 bits per heavy atom. The van der Waals surface area contributed by atoms with Gasteiger partial charge >= 0.3 is 12.1 Å². The average Bonchev–Trinajstić information content (AvgIpc) is 3.41. The standard InChI is InChI=1S/C32H26F4N2O5S/c1-43-30(39)16-20-9-10-24(27(33)15-20)19-37-31(40)29-18-23-5-2-3-8-28(23)38(29)44(41,42)26-13-11-21(12-14-26)22-6-4-7-25(17-22)32(34,35)36/h2-15,17,29H,16,18-19H2,1H3,(H,37,40)/t29-/m0/s1. The van der Waals surface area contributed by atoms with Crippen molar-refractivity contribution in [2.24, 2.45) is 0 Å². The molecule has 1 aliphatic heterocycles. The number of ether oxygens (including phenoxy) is 1. The molecule has 1 amide bonds. The Kier molecular flexibility index (Phi) is 8.46. The first-order valence-electron chi connectivity index (χ1n) is 13.4. The maximum absolute atomic E-state index is 14.7. The van der Waals surface area contributed by atoms with Crippen LogP contribution in [0.25, 0.3) is 11.1 Å². The molecular weight excluding hydrogens is 600 g/mol. The predicted molar refractivity (Wildman–Crippen MR) is 154 cm³/mol. The van der Waals surface area contributed by atoms with Gasteiger partial charge in [-0.3, -0.25) is 13.9 Å². The van der Waals surface area contributed by atoms with E-state index in [-0.39, 0.29) is 35.4 Å². The predicted octanol–water partition coefficient (Wildman–Crippen LogP) is 5.66. The van der Waals surface area contributed by atoms with Crippen molar-refractivity contribution < 1.29 is 40.3 Å². The highest BCUT2D eigenvalue weighted by Crippen LogP contribution is 2.38. The molecule has 4 aromatic rings. The first kappa shape index (κ1) is 30.7. The summed E-state index contributed by atoms with van der Waals surface area (Å²) in [5.74, 6) is -1.83. The van der Waals surface area contributed by atoms with Gasteiger partial charge in [-0.1, -0.05) is 54.6 Å². The summed E-state index contributed by atoms with van der Waals surface area (Å²) in [5, 5.41) is 2.62. The van der Waals surface area contributed by atoms with Crippen molar-refractivity contribution >= 4 is 27.6 Å². The number of esters is 1. The van der Waals surface area contributed by atoms with Crippen molar-refractivity contribution in [3.63, 3.8) is 0 Å². The molecule has 0 fully saturated rings. The van der Waals surface area contributed by atoms with Gasteiger partial charge in [-0.2, -0.15) is 13.2 Å². The minimum atomic E-state index is -4.53. The number of methoxy groups -OCH3 is 1. The number of benzene rings is 4. The van der Waals surface area contributed by atoms with Crippen LogP contribution in [0.4, 0.5) is 23.2 Å².